The maximum absolute atomic E-state index is 5.73. The summed E-state index contributed by atoms with van der Waals surface area (Å²) in [7, 11) is 0. The van der Waals surface area contributed by atoms with Gasteiger partial charge in [0.25, 0.3) is 0 Å². The van der Waals surface area contributed by atoms with Crippen molar-refractivity contribution in [3.8, 4) is 48.4 Å². The number of thiophene rings is 1. The van der Waals surface area contributed by atoms with Crippen LogP contribution in [0.5, 0.6) is 0 Å². The topological polar surface area (TPSA) is 0 Å². The molecule has 150 valence electrons. The molecule has 0 unspecified atom stereocenters. The van der Waals surface area contributed by atoms with Crippen LogP contribution in [0, 0.1) is 48.4 Å². The molecule has 0 saturated heterocycles. The van der Waals surface area contributed by atoms with E-state index in [-0.39, 0.29) is 0 Å². The highest BCUT2D eigenvalue weighted by Gasteiger charge is 2.12. The van der Waals surface area contributed by atoms with Crippen LogP contribution in [-0.4, -0.2) is 0 Å². The highest BCUT2D eigenvalue weighted by molar-refractivity contribution is 7.13. The van der Waals surface area contributed by atoms with Gasteiger partial charge in [-0.2, -0.15) is 0 Å². The molecule has 0 aliphatic carbocycles. The second-order valence-corrected chi connectivity index (χ2v) is 8.10. The lowest BCUT2D eigenvalue weighted by atomic mass is 10.1. The van der Waals surface area contributed by atoms with E-state index in [9.17, 15) is 0 Å². The van der Waals surface area contributed by atoms with Crippen LogP contribution in [0.2, 0.25) is 0 Å². The molecular formula is C30H24S. The highest BCUT2D eigenvalue weighted by atomic mass is 32.1. The van der Waals surface area contributed by atoms with Gasteiger partial charge < -0.3 is 0 Å². The van der Waals surface area contributed by atoms with E-state index in [0.717, 1.165) is 48.3 Å². The van der Waals surface area contributed by atoms with Crippen molar-refractivity contribution in [2.24, 2.45) is 0 Å². The molecule has 0 aliphatic rings. The number of benzene rings is 2. The molecule has 0 fully saturated rings. The van der Waals surface area contributed by atoms with Crippen LogP contribution < -0.4 is 0 Å². The lowest BCUT2D eigenvalue weighted by Crippen LogP contribution is -1.84. The maximum atomic E-state index is 5.73. The van der Waals surface area contributed by atoms with E-state index in [1.807, 2.05) is 12.1 Å². The van der Waals surface area contributed by atoms with E-state index >= 15 is 0 Å². The molecule has 3 aromatic rings. The van der Waals surface area contributed by atoms with E-state index in [1.54, 1.807) is 0 Å². The molecule has 0 radical (unpaired) electrons. The van der Waals surface area contributed by atoms with Crippen molar-refractivity contribution in [1.82, 2.24) is 0 Å². The number of aryl methyl sites for hydroxylation is 2. The molecule has 1 heterocycles. The van der Waals surface area contributed by atoms with Crippen LogP contribution in [0.25, 0.3) is 0 Å². The highest BCUT2D eigenvalue weighted by Crippen LogP contribution is 2.26. The van der Waals surface area contributed by atoms with Gasteiger partial charge in [-0.3, -0.25) is 0 Å². The molecular weight excluding hydrogens is 392 g/mol. The van der Waals surface area contributed by atoms with Gasteiger partial charge in [0.1, 0.15) is 0 Å². The SMILES string of the molecule is C#Cc1c(C#CCCCc2ccccc2)sc(C#CCCCc2ccccc2)c1C#C. The summed E-state index contributed by atoms with van der Waals surface area (Å²) in [5.74, 6) is 18.4. The number of unbranched alkanes of at least 4 members (excludes halogenated alkanes) is 2. The summed E-state index contributed by atoms with van der Waals surface area (Å²) in [4.78, 5) is 1.70. The Morgan fingerprint density at radius 2 is 1.03 bits per heavy atom. The fourth-order valence-corrected chi connectivity index (χ4v) is 4.20. The van der Waals surface area contributed by atoms with Crippen molar-refractivity contribution in [1.29, 1.82) is 0 Å². The predicted molar refractivity (Wildman–Crippen MR) is 133 cm³/mol. The number of terminal acetylenes is 2. The molecule has 2 aromatic carbocycles. The fraction of sp³-hybridized carbons (Fsp3) is 0.200. The summed E-state index contributed by atoms with van der Waals surface area (Å²) < 4.78 is 0. The zero-order valence-corrected chi connectivity index (χ0v) is 18.4. The first-order chi connectivity index (χ1) is 15.3. The molecule has 0 spiro atoms. The van der Waals surface area contributed by atoms with Gasteiger partial charge in [-0.25, -0.2) is 0 Å². The first-order valence-electron chi connectivity index (χ1n) is 10.5. The van der Waals surface area contributed by atoms with Crippen molar-refractivity contribution in [3.05, 3.63) is 92.7 Å². The van der Waals surface area contributed by atoms with Crippen molar-refractivity contribution >= 4 is 11.3 Å². The molecule has 0 N–H and O–H groups in total. The zero-order valence-electron chi connectivity index (χ0n) is 17.6. The Hall–Kier alpha value is -3.62. The van der Waals surface area contributed by atoms with Crippen LogP contribution in [0.15, 0.2) is 60.7 Å². The second-order valence-electron chi connectivity index (χ2n) is 7.08. The van der Waals surface area contributed by atoms with Crippen LogP contribution in [0.1, 0.15) is 57.7 Å². The van der Waals surface area contributed by atoms with Gasteiger partial charge >= 0.3 is 0 Å². The minimum absolute atomic E-state index is 0.705. The second kappa shape index (κ2) is 12.2. The van der Waals surface area contributed by atoms with E-state index in [4.69, 9.17) is 12.8 Å². The van der Waals surface area contributed by atoms with E-state index in [1.165, 1.54) is 22.5 Å². The maximum Gasteiger partial charge on any atom is 0.0951 e. The van der Waals surface area contributed by atoms with Crippen molar-refractivity contribution in [2.75, 3.05) is 0 Å². The summed E-state index contributed by atoms with van der Waals surface area (Å²) >= 11 is 1.51. The third kappa shape index (κ3) is 6.70. The summed E-state index contributed by atoms with van der Waals surface area (Å²) in [5, 5.41) is 0. The molecule has 0 aliphatic heterocycles. The van der Waals surface area contributed by atoms with Gasteiger partial charge in [0, 0.05) is 12.8 Å². The van der Waals surface area contributed by atoms with Gasteiger partial charge in [-0.05, 0) is 36.8 Å². The molecule has 0 nitrogen and oxygen atoms in total. The summed E-state index contributed by atoms with van der Waals surface area (Å²) in [6.45, 7) is 0. The molecule has 31 heavy (non-hydrogen) atoms. The standard InChI is InChI=1S/C30H24S/c1-3-27-28(4-2)30(24-16-8-14-22-26-19-11-6-12-20-26)31-29(27)23-15-7-13-21-25-17-9-5-10-18-25/h1-2,5-6,9-12,17-20H,7-8,13-14,21-22H2. The van der Waals surface area contributed by atoms with Crippen LogP contribution >= 0.6 is 11.3 Å². The Labute approximate surface area is 190 Å². The number of hydrogen-bond donors (Lipinski definition) is 0. The quantitative estimate of drug-likeness (QED) is 0.319. The van der Waals surface area contributed by atoms with Crippen molar-refractivity contribution in [2.45, 2.75) is 38.5 Å². The Balaban J connectivity index is 1.60. The lowest BCUT2D eigenvalue weighted by molar-refractivity contribution is 0.858. The Morgan fingerprint density at radius 1 is 0.613 bits per heavy atom. The van der Waals surface area contributed by atoms with Gasteiger partial charge in [-0.15, -0.1) is 24.2 Å². The third-order valence-corrected chi connectivity index (χ3v) is 5.84. The normalized spacial score (nSPS) is 9.48. The Bertz CT molecular complexity index is 1090. The van der Waals surface area contributed by atoms with E-state index in [0.29, 0.717) is 11.1 Å². The van der Waals surface area contributed by atoms with Gasteiger partial charge in [-0.1, -0.05) is 96.2 Å². The van der Waals surface area contributed by atoms with E-state index in [2.05, 4.69) is 84.1 Å². The Morgan fingerprint density at radius 3 is 1.42 bits per heavy atom. The Kier molecular flexibility index (Phi) is 8.66. The molecule has 1 aromatic heterocycles. The van der Waals surface area contributed by atoms with E-state index < -0.39 is 0 Å². The third-order valence-electron chi connectivity index (χ3n) is 4.82. The van der Waals surface area contributed by atoms with Crippen molar-refractivity contribution < 1.29 is 0 Å². The average Bonchev–Trinajstić information content (AvgIpc) is 3.16. The number of hydrogen-bond acceptors (Lipinski definition) is 1. The molecule has 3 rings (SSSR count). The fourth-order valence-electron chi connectivity index (χ4n) is 3.22. The first-order valence-corrected chi connectivity index (χ1v) is 11.3. The van der Waals surface area contributed by atoms with Gasteiger partial charge in [0.2, 0.25) is 0 Å². The minimum atomic E-state index is 0.705. The summed E-state index contributed by atoms with van der Waals surface area (Å²) in [5.41, 5.74) is 4.08. The largest absolute Gasteiger partial charge is 0.115 e. The zero-order chi connectivity index (χ0) is 21.7. The summed E-state index contributed by atoms with van der Waals surface area (Å²) in [6, 6.07) is 20.9. The van der Waals surface area contributed by atoms with Gasteiger partial charge in [0.15, 0.2) is 0 Å². The van der Waals surface area contributed by atoms with Crippen LogP contribution in [-0.2, 0) is 12.8 Å². The van der Waals surface area contributed by atoms with Crippen molar-refractivity contribution in [3.63, 3.8) is 0 Å². The molecule has 0 amide bonds. The predicted octanol–water partition coefficient (Wildman–Crippen LogP) is 6.46. The number of rotatable bonds is 6. The first kappa shape index (κ1) is 22.1. The summed E-state index contributed by atoms with van der Waals surface area (Å²) in [6.07, 6.45) is 17.2. The van der Waals surface area contributed by atoms with Crippen LogP contribution in [0.4, 0.5) is 0 Å². The minimum Gasteiger partial charge on any atom is -0.115 e. The lowest BCUT2D eigenvalue weighted by Gasteiger charge is -1.96. The molecule has 0 saturated carbocycles. The average molecular weight is 417 g/mol. The van der Waals surface area contributed by atoms with Crippen LogP contribution in [0.3, 0.4) is 0 Å². The molecule has 1 heteroatoms. The monoisotopic (exact) mass is 416 g/mol. The van der Waals surface area contributed by atoms with Gasteiger partial charge in [0.05, 0.1) is 20.9 Å². The molecule has 0 atom stereocenters. The smallest absolute Gasteiger partial charge is 0.0951 e. The molecule has 0 bridgehead atoms.